The second-order valence-electron chi connectivity index (χ2n) is 5.74. The molecule has 0 spiro atoms. The first-order valence-corrected chi connectivity index (χ1v) is 7.84. The van der Waals surface area contributed by atoms with Gasteiger partial charge in [-0.15, -0.1) is 0 Å². The molecule has 4 nitrogen and oxygen atoms in total. The maximum Gasteiger partial charge on any atom is 0.109 e. The van der Waals surface area contributed by atoms with Gasteiger partial charge in [-0.05, 0) is 30.5 Å². The Kier molecular flexibility index (Phi) is 4.55. The molecular weight excluding hydrogens is 260 g/mol. The first-order valence-electron chi connectivity index (χ1n) is 7.84. The van der Waals surface area contributed by atoms with Gasteiger partial charge in [0, 0.05) is 57.7 Å². The Hall–Kier alpha value is -1.81. The first kappa shape index (κ1) is 14.1. The molecule has 0 radical (unpaired) electrons. The molecule has 0 bridgehead atoms. The van der Waals surface area contributed by atoms with Gasteiger partial charge in [0.25, 0.3) is 0 Å². The summed E-state index contributed by atoms with van der Waals surface area (Å²) in [6.07, 6.45) is 7.47. The Morgan fingerprint density at radius 1 is 1.14 bits per heavy atom. The van der Waals surface area contributed by atoms with Crippen LogP contribution in [-0.4, -0.2) is 29.2 Å². The molecule has 0 atom stereocenters. The van der Waals surface area contributed by atoms with Gasteiger partial charge in [-0.1, -0.05) is 12.1 Å². The summed E-state index contributed by atoms with van der Waals surface area (Å²) in [4.78, 5) is 6.80. The average Bonchev–Trinajstić information content (AvgIpc) is 3.16. The summed E-state index contributed by atoms with van der Waals surface area (Å²) in [7, 11) is 2.04. The molecule has 2 aromatic rings. The Labute approximate surface area is 126 Å². The summed E-state index contributed by atoms with van der Waals surface area (Å²) in [5.74, 6) is 1.13. The van der Waals surface area contributed by atoms with Crippen molar-refractivity contribution in [1.29, 1.82) is 0 Å². The molecule has 1 aliphatic rings. The second-order valence-corrected chi connectivity index (χ2v) is 5.74. The molecule has 3 rings (SSSR count). The van der Waals surface area contributed by atoms with Gasteiger partial charge < -0.3 is 14.8 Å². The third-order valence-corrected chi connectivity index (χ3v) is 4.18. The average molecular weight is 284 g/mol. The molecule has 1 N–H and O–H groups in total. The summed E-state index contributed by atoms with van der Waals surface area (Å²) in [6.45, 7) is 4.30. The number of nitrogens with one attached hydrogen (secondary N) is 1. The minimum Gasteiger partial charge on any atom is -0.372 e. The Morgan fingerprint density at radius 3 is 2.57 bits per heavy atom. The maximum absolute atomic E-state index is 4.33. The number of benzene rings is 1. The van der Waals surface area contributed by atoms with E-state index in [4.69, 9.17) is 0 Å². The van der Waals surface area contributed by atoms with E-state index in [2.05, 4.69) is 44.0 Å². The zero-order chi connectivity index (χ0) is 14.5. The van der Waals surface area contributed by atoms with Gasteiger partial charge >= 0.3 is 0 Å². The number of aromatic nitrogens is 2. The van der Waals surface area contributed by atoms with E-state index >= 15 is 0 Å². The van der Waals surface area contributed by atoms with E-state index in [0.717, 1.165) is 25.3 Å². The smallest absolute Gasteiger partial charge is 0.109 e. The van der Waals surface area contributed by atoms with Gasteiger partial charge in [-0.25, -0.2) is 4.98 Å². The van der Waals surface area contributed by atoms with Gasteiger partial charge in [0.15, 0.2) is 0 Å². The van der Waals surface area contributed by atoms with Crippen molar-refractivity contribution in [2.45, 2.75) is 25.8 Å². The van der Waals surface area contributed by atoms with Crippen molar-refractivity contribution in [2.24, 2.45) is 7.05 Å². The molecule has 1 aromatic carbocycles. The van der Waals surface area contributed by atoms with Crippen molar-refractivity contribution < 1.29 is 0 Å². The fraction of sp³-hybridized carbons (Fsp3) is 0.471. The molecule has 2 heterocycles. The van der Waals surface area contributed by atoms with Crippen LogP contribution in [0, 0.1) is 0 Å². The molecule has 112 valence electrons. The van der Waals surface area contributed by atoms with Crippen LogP contribution in [0.4, 0.5) is 5.69 Å². The van der Waals surface area contributed by atoms with Crippen molar-refractivity contribution in [2.75, 3.05) is 24.5 Å². The lowest BCUT2D eigenvalue weighted by molar-refractivity contribution is 0.655. The van der Waals surface area contributed by atoms with E-state index in [1.165, 1.54) is 37.2 Å². The molecule has 4 heteroatoms. The van der Waals surface area contributed by atoms with Crippen molar-refractivity contribution in [1.82, 2.24) is 14.9 Å². The van der Waals surface area contributed by atoms with Crippen LogP contribution in [0.15, 0.2) is 36.7 Å². The van der Waals surface area contributed by atoms with E-state index in [9.17, 15) is 0 Å². The predicted molar refractivity (Wildman–Crippen MR) is 86.5 cm³/mol. The van der Waals surface area contributed by atoms with Gasteiger partial charge in [0.2, 0.25) is 0 Å². The highest BCUT2D eigenvalue weighted by Gasteiger charge is 2.11. The number of imidazole rings is 1. The highest BCUT2D eigenvalue weighted by atomic mass is 15.1. The largest absolute Gasteiger partial charge is 0.372 e. The number of nitrogens with zero attached hydrogens (tertiary/aromatic N) is 3. The minimum atomic E-state index is 0.921. The molecule has 1 aliphatic heterocycles. The minimum absolute atomic E-state index is 0.921. The molecule has 21 heavy (non-hydrogen) atoms. The summed E-state index contributed by atoms with van der Waals surface area (Å²) in [5.41, 5.74) is 2.71. The van der Waals surface area contributed by atoms with Crippen LogP contribution < -0.4 is 10.2 Å². The van der Waals surface area contributed by atoms with Crippen LogP contribution >= 0.6 is 0 Å². The molecule has 1 fully saturated rings. The third-order valence-electron chi connectivity index (χ3n) is 4.18. The van der Waals surface area contributed by atoms with Crippen molar-refractivity contribution in [3.63, 3.8) is 0 Å². The summed E-state index contributed by atoms with van der Waals surface area (Å²) < 4.78 is 2.08. The first-order chi connectivity index (χ1) is 10.3. The molecule has 0 aliphatic carbocycles. The Balaban J connectivity index is 1.44. The van der Waals surface area contributed by atoms with Crippen LogP contribution in [0.25, 0.3) is 0 Å². The molecule has 1 saturated heterocycles. The monoisotopic (exact) mass is 284 g/mol. The fourth-order valence-electron chi connectivity index (χ4n) is 2.87. The van der Waals surface area contributed by atoms with Crippen LogP contribution in [0.3, 0.4) is 0 Å². The van der Waals surface area contributed by atoms with Gasteiger partial charge in [0.1, 0.15) is 5.82 Å². The predicted octanol–water partition coefficient (Wildman–Crippen LogP) is 2.35. The Morgan fingerprint density at radius 2 is 1.90 bits per heavy atom. The number of aryl methyl sites for hydroxylation is 1. The van der Waals surface area contributed by atoms with E-state index in [1.807, 2.05) is 19.4 Å². The van der Waals surface area contributed by atoms with Gasteiger partial charge in [-0.2, -0.15) is 0 Å². The number of anilines is 1. The molecule has 0 saturated carbocycles. The van der Waals surface area contributed by atoms with E-state index in [0.29, 0.717) is 0 Å². The van der Waals surface area contributed by atoms with Crippen LogP contribution in [0.5, 0.6) is 0 Å². The highest BCUT2D eigenvalue weighted by Crippen LogP contribution is 2.20. The maximum atomic E-state index is 4.33. The zero-order valence-electron chi connectivity index (χ0n) is 12.8. The summed E-state index contributed by atoms with van der Waals surface area (Å²) >= 11 is 0. The van der Waals surface area contributed by atoms with Crippen LogP contribution in [-0.2, 0) is 20.0 Å². The summed E-state index contributed by atoms with van der Waals surface area (Å²) in [5, 5.41) is 3.49. The summed E-state index contributed by atoms with van der Waals surface area (Å²) in [6, 6.07) is 8.98. The highest BCUT2D eigenvalue weighted by molar-refractivity contribution is 5.48. The second kappa shape index (κ2) is 6.76. The SMILES string of the molecule is Cn1ccnc1CCNCc1ccc(N2CCCC2)cc1. The van der Waals surface area contributed by atoms with E-state index in [-0.39, 0.29) is 0 Å². The topological polar surface area (TPSA) is 33.1 Å². The van der Waals surface area contributed by atoms with Crippen molar-refractivity contribution in [3.8, 4) is 0 Å². The van der Waals surface area contributed by atoms with Crippen LogP contribution in [0.1, 0.15) is 24.2 Å². The van der Waals surface area contributed by atoms with Gasteiger partial charge in [-0.3, -0.25) is 0 Å². The number of hydrogen-bond acceptors (Lipinski definition) is 3. The van der Waals surface area contributed by atoms with Gasteiger partial charge in [0.05, 0.1) is 0 Å². The lowest BCUT2D eigenvalue weighted by Gasteiger charge is -2.17. The lowest BCUT2D eigenvalue weighted by Crippen LogP contribution is -2.19. The van der Waals surface area contributed by atoms with Crippen LogP contribution in [0.2, 0.25) is 0 Å². The molecule has 0 unspecified atom stereocenters. The standard InChI is InChI=1S/C17H24N4/c1-20-13-10-19-17(20)8-9-18-14-15-4-6-16(7-5-15)21-11-2-3-12-21/h4-7,10,13,18H,2-3,8-9,11-12,14H2,1H3. The zero-order valence-corrected chi connectivity index (χ0v) is 12.8. The fourth-order valence-corrected chi connectivity index (χ4v) is 2.87. The quantitative estimate of drug-likeness (QED) is 0.827. The number of hydrogen-bond donors (Lipinski definition) is 1. The molecule has 0 amide bonds. The van der Waals surface area contributed by atoms with E-state index in [1.54, 1.807) is 0 Å². The Bertz CT molecular complexity index is 552. The molecule has 1 aromatic heterocycles. The lowest BCUT2D eigenvalue weighted by atomic mass is 10.2. The van der Waals surface area contributed by atoms with Crippen molar-refractivity contribution >= 4 is 5.69 Å². The van der Waals surface area contributed by atoms with E-state index < -0.39 is 0 Å². The normalized spacial score (nSPS) is 14.8. The molecular formula is C17H24N4. The number of rotatable bonds is 6. The third kappa shape index (κ3) is 3.64. The van der Waals surface area contributed by atoms with Crippen molar-refractivity contribution in [3.05, 3.63) is 48.0 Å².